The Hall–Kier alpha value is -1.81. The highest BCUT2D eigenvalue weighted by Gasteiger charge is 2.06. The molecule has 0 radical (unpaired) electrons. The zero-order chi connectivity index (χ0) is 10.3. The number of para-hydroxylation sites is 1. The number of aromatic nitrogens is 2. The van der Waals surface area contributed by atoms with Crippen LogP contribution in [0.3, 0.4) is 0 Å². The topological polar surface area (TPSA) is 54.7 Å². The molecule has 3 N–H and O–H groups in total. The average molecular weight is 215 g/mol. The number of aromatic amines is 1. The molecule has 0 saturated heterocycles. The van der Waals surface area contributed by atoms with Gasteiger partial charge in [-0.3, -0.25) is 0 Å². The van der Waals surface area contributed by atoms with Crippen LogP contribution >= 0.6 is 11.3 Å². The maximum Gasteiger partial charge on any atom is 0.180 e. The van der Waals surface area contributed by atoms with E-state index in [4.69, 9.17) is 5.73 Å². The molecule has 0 aliphatic carbocycles. The summed E-state index contributed by atoms with van der Waals surface area (Å²) in [4.78, 5) is 7.51. The van der Waals surface area contributed by atoms with E-state index in [1.165, 1.54) is 16.7 Å². The highest BCUT2D eigenvalue weighted by molar-refractivity contribution is 7.13. The van der Waals surface area contributed by atoms with Gasteiger partial charge in [-0.1, -0.05) is 18.2 Å². The first kappa shape index (κ1) is 8.49. The van der Waals surface area contributed by atoms with Gasteiger partial charge in [0.1, 0.15) is 0 Å². The number of nitrogens with one attached hydrogen (secondary N) is 1. The summed E-state index contributed by atoms with van der Waals surface area (Å²) in [7, 11) is 0. The molecule has 0 spiro atoms. The van der Waals surface area contributed by atoms with Gasteiger partial charge >= 0.3 is 0 Å². The number of nitrogens with two attached hydrogens (primary N) is 1. The number of rotatable bonds is 1. The van der Waals surface area contributed by atoms with Crippen LogP contribution in [0.5, 0.6) is 0 Å². The molecule has 0 aliphatic heterocycles. The monoisotopic (exact) mass is 215 g/mol. The lowest BCUT2D eigenvalue weighted by atomic mass is 10.1. The van der Waals surface area contributed by atoms with Gasteiger partial charge < -0.3 is 10.7 Å². The van der Waals surface area contributed by atoms with Crippen LogP contribution in [0.2, 0.25) is 0 Å². The van der Waals surface area contributed by atoms with E-state index in [-0.39, 0.29) is 0 Å². The summed E-state index contributed by atoms with van der Waals surface area (Å²) < 4.78 is 0. The van der Waals surface area contributed by atoms with E-state index in [1.54, 1.807) is 0 Å². The lowest BCUT2D eigenvalue weighted by Gasteiger charge is -1.98. The highest BCUT2D eigenvalue weighted by atomic mass is 32.1. The van der Waals surface area contributed by atoms with Gasteiger partial charge in [0.25, 0.3) is 0 Å². The summed E-state index contributed by atoms with van der Waals surface area (Å²) >= 11 is 1.46. The largest absolute Gasteiger partial charge is 0.375 e. The molecular formula is C11H9N3S. The van der Waals surface area contributed by atoms with Crippen LogP contribution in [-0.4, -0.2) is 9.97 Å². The molecule has 0 amide bonds. The van der Waals surface area contributed by atoms with Crippen molar-refractivity contribution in [2.24, 2.45) is 0 Å². The highest BCUT2D eigenvalue weighted by Crippen LogP contribution is 2.28. The van der Waals surface area contributed by atoms with Crippen LogP contribution in [0.4, 0.5) is 5.13 Å². The number of fused-ring (bicyclic) bond motifs is 1. The Morgan fingerprint density at radius 2 is 2.20 bits per heavy atom. The standard InChI is InChI=1S/C11H9N3S/c12-11-14-9(6-15-11)8-3-1-2-7-4-5-13-10(7)8/h1-6,13H,(H2,12,14). The van der Waals surface area contributed by atoms with Crippen molar-refractivity contribution < 1.29 is 0 Å². The third kappa shape index (κ3) is 1.30. The maximum atomic E-state index is 5.63. The first-order chi connectivity index (χ1) is 7.34. The molecule has 2 heterocycles. The number of thiazole rings is 1. The van der Waals surface area contributed by atoms with Crippen LogP contribution in [0, 0.1) is 0 Å². The fraction of sp³-hybridized carbons (Fsp3) is 0. The van der Waals surface area contributed by atoms with E-state index < -0.39 is 0 Å². The Balaban J connectivity index is 2.30. The molecule has 2 aromatic heterocycles. The summed E-state index contributed by atoms with van der Waals surface area (Å²) in [6, 6.07) is 8.20. The van der Waals surface area contributed by atoms with Crippen molar-refractivity contribution in [3.8, 4) is 11.3 Å². The van der Waals surface area contributed by atoms with Gasteiger partial charge in [0, 0.05) is 22.5 Å². The van der Waals surface area contributed by atoms with Crippen LogP contribution in [0.25, 0.3) is 22.2 Å². The van der Waals surface area contributed by atoms with E-state index in [2.05, 4.69) is 22.1 Å². The van der Waals surface area contributed by atoms with E-state index in [9.17, 15) is 0 Å². The summed E-state index contributed by atoms with van der Waals surface area (Å²) in [5.74, 6) is 0. The van der Waals surface area contributed by atoms with Crippen molar-refractivity contribution in [2.75, 3.05) is 5.73 Å². The van der Waals surface area contributed by atoms with Gasteiger partial charge in [-0.15, -0.1) is 11.3 Å². The molecule has 0 saturated carbocycles. The zero-order valence-corrected chi connectivity index (χ0v) is 8.71. The van der Waals surface area contributed by atoms with Gasteiger partial charge in [-0.05, 0) is 6.07 Å². The number of anilines is 1. The molecular weight excluding hydrogens is 206 g/mol. The van der Waals surface area contributed by atoms with E-state index in [1.807, 2.05) is 23.7 Å². The number of benzene rings is 1. The lowest BCUT2D eigenvalue weighted by Crippen LogP contribution is -1.83. The quantitative estimate of drug-likeness (QED) is 0.655. The minimum absolute atomic E-state index is 0.605. The van der Waals surface area contributed by atoms with E-state index in [0.717, 1.165) is 16.8 Å². The Kier molecular flexibility index (Phi) is 1.76. The van der Waals surface area contributed by atoms with Crippen LogP contribution in [0.15, 0.2) is 35.8 Å². The maximum absolute atomic E-state index is 5.63. The predicted molar refractivity (Wildman–Crippen MR) is 63.8 cm³/mol. The number of nitrogens with zero attached hydrogens (tertiary/aromatic N) is 1. The molecule has 3 nitrogen and oxygen atoms in total. The molecule has 3 aromatic rings. The second kappa shape index (κ2) is 3.10. The van der Waals surface area contributed by atoms with Crippen molar-refractivity contribution in [3.63, 3.8) is 0 Å². The van der Waals surface area contributed by atoms with Crippen LogP contribution in [-0.2, 0) is 0 Å². The number of nitrogen functional groups attached to an aromatic ring is 1. The zero-order valence-electron chi connectivity index (χ0n) is 7.90. The Morgan fingerprint density at radius 3 is 3.00 bits per heavy atom. The second-order valence-corrected chi connectivity index (χ2v) is 4.21. The second-order valence-electron chi connectivity index (χ2n) is 3.32. The molecule has 0 unspecified atom stereocenters. The molecule has 0 aliphatic rings. The van der Waals surface area contributed by atoms with Crippen molar-refractivity contribution in [1.29, 1.82) is 0 Å². The Bertz CT molecular complexity index is 609. The fourth-order valence-corrected chi connectivity index (χ4v) is 2.27. The Morgan fingerprint density at radius 1 is 1.27 bits per heavy atom. The smallest absolute Gasteiger partial charge is 0.180 e. The summed E-state index contributed by atoms with van der Waals surface area (Å²) in [6.07, 6.45) is 1.93. The molecule has 0 fully saturated rings. The summed E-state index contributed by atoms with van der Waals surface area (Å²) in [5, 5.41) is 3.78. The van der Waals surface area contributed by atoms with E-state index >= 15 is 0 Å². The lowest BCUT2D eigenvalue weighted by molar-refractivity contribution is 1.40. The van der Waals surface area contributed by atoms with Crippen LogP contribution in [0.1, 0.15) is 0 Å². The number of H-pyrrole nitrogens is 1. The fourth-order valence-electron chi connectivity index (χ4n) is 1.71. The minimum atomic E-state index is 0.605. The number of hydrogen-bond acceptors (Lipinski definition) is 3. The molecule has 0 bridgehead atoms. The SMILES string of the molecule is Nc1nc(-c2cccc3cc[nH]c23)cs1. The predicted octanol–water partition coefficient (Wildman–Crippen LogP) is 2.87. The van der Waals surface area contributed by atoms with Crippen molar-refractivity contribution in [2.45, 2.75) is 0 Å². The van der Waals surface area contributed by atoms with Crippen molar-refractivity contribution in [1.82, 2.24) is 9.97 Å². The molecule has 3 rings (SSSR count). The van der Waals surface area contributed by atoms with Gasteiger partial charge in [0.15, 0.2) is 5.13 Å². The average Bonchev–Trinajstić information content (AvgIpc) is 2.84. The molecule has 0 atom stereocenters. The third-order valence-electron chi connectivity index (χ3n) is 2.39. The third-order valence-corrected chi connectivity index (χ3v) is 3.06. The van der Waals surface area contributed by atoms with Gasteiger partial charge in [-0.2, -0.15) is 0 Å². The summed E-state index contributed by atoms with van der Waals surface area (Å²) in [5.41, 5.74) is 8.78. The minimum Gasteiger partial charge on any atom is -0.375 e. The van der Waals surface area contributed by atoms with Crippen LogP contribution < -0.4 is 5.73 Å². The normalized spacial score (nSPS) is 10.9. The van der Waals surface area contributed by atoms with E-state index in [0.29, 0.717) is 5.13 Å². The van der Waals surface area contributed by atoms with Gasteiger partial charge in [0.2, 0.25) is 0 Å². The molecule has 1 aromatic carbocycles. The first-order valence-electron chi connectivity index (χ1n) is 4.62. The van der Waals surface area contributed by atoms with Crippen molar-refractivity contribution >= 4 is 27.4 Å². The number of hydrogen-bond donors (Lipinski definition) is 2. The molecule has 4 heteroatoms. The Labute approximate surface area is 90.6 Å². The van der Waals surface area contributed by atoms with Gasteiger partial charge in [0.05, 0.1) is 11.2 Å². The first-order valence-corrected chi connectivity index (χ1v) is 5.50. The molecule has 74 valence electrons. The van der Waals surface area contributed by atoms with Gasteiger partial charge in [-0.25, -0.2) is 4.98 Å². The summed E-state index contributed by atoms with van der Waals surface area (Å²) in [6.45, 7) is 0. The van der Waals surface area contributed by atoms with Crippen molar-refractivity contribution in [3.05, 3.63) is 35.8 Å². The molecule has 15 heavy (non-hydrogen) atoms.